The fraction of sp³-hybridized carbons (Fsp3) is 0.714. The summed E-state index contributed by atoms with van der Waals surface area (Å²) in [5.41, 5.74) is 1.05. The Balaban J connectivity index is 2.36. The van der Waals surface area contributed by atoms with E-state index in [0.29, 0.717) is 20.9 Å². The molecule has 1 saturated heterocycles. The maximum atomic E-state index is 6.33. The highest BCUT2D eigenvalue weighted by Gasteiger charge is 2.31. The second kappa shape index (κ2) is 6.50. The number of halogens is 2. The van der Waals surface area contributed by atoms with Crippen molar-refractivity contribution in [1.29, 1.82) is 0 Å². The van der Waals surface area contributed by atoms with E-state index in [1.807, 2.05) is 23.5 Å². The van der Waals surface area contributed by atoms with Gasteiger partial charge in [-0.15, -0.1) is 11.8 Å². The van der Waals surface area contributed by atoms with Gasteiger partial charge >= 0.3 is 0 Å². The standard InChI is InChI=1S/C14H20ClIN2S2/c1-7-8(2)20-9(6-19-7)13-17-11(14(3,4)5)10(16)12(15)18-13/h7-9H,6H2,1-5H3. The van der Waals surface area contributed by atoms with Crippen molar-refractivity contribution in [2.45, 2.75) is 55.8 Å². The van der Waals surface area contributed by atoms with E-state index < -0.39 is 0 Å². The molecule has 0 bridgehead atoms. The van der Waals surface area contributed by atoms with E-state index in [1.165, 1.54) is 0 Å². The normalized spacial score (nSPS) is 27.6. The molecule has 2 rings (SSSR count). The lowest BCUT2D eigenvalue weighted by Gasteiger charge is -2.31. The summed E-state index contributed by atoms with van der Waals surface area (Å²) < 4.78 is 0.982. The zero-order chi connectivity index (χ0) is 15.1. The van der Waals surface area contributed by atoms with Crippen LogP contribution in [0.3, 0.4) is 0 Å². The summed E-state index contributed by atoms with van der Waals surface area (Å²) in [5.74, 6) is 1.97. The summed E-state index contributed by atoms with van der Waals surface area (Å²) in [4.78, 5) is 9.39. The van der Waals surface area contributed by atoms with E-state index in [2.05, 4.69) is 62.2 Å². The van der Waals surface area contributed by atoms with Crippen LogP contribution in [0.5, 0.6) is 0 Å². The van der Waals surface area contributed by atoms with Crippen LogP contribution in [0.2, 0.25) is 5.15 Å². The Morgan fingerprint density at radius 1 is 1.20 bits per heavy atom. The topological polar surface area (TPSA) is 25.8 Å². The first-order chi connectivity index (χ1) is 9.20. The first-order valence-electron chi connectivity index (χ1n) is 6.70. The number of nitrogens with zero attached hydrogens (tertiary/aromatic N) is 2. The van der Waals surface area contributed by atoms with Gasteiger partial charge in [0.05, 0.1) is 14.5 Å². The number of hydrogen-bond acceptors (Lipinski definition) is 4. The predicted molar refractivity (Wildman–Crippen MR) is 100 cm³/mol. The molecule has 6 heteroatoms. The predicted octanol–water partition coefficient (Wildman–Crippen LogP) is 5.33. The third kappa shape index (κ3) is 3.76. The lowest BCUT2D eigenvalue weighted by Crippen LogP contribution is -2.25. The van der Waals surface area contributed by atoms with Gasteiger partial charge in [0.25, 0.3) is 0 Å². The molecule has 0 radical (unpaired) electrons. The molecule has 20 heavy (non-hydrogen) atoms. The molecule has 1 fully saturated rings. The minimum Gasteiger partial charge on any atom is -0.235 e. The zero-order valence-electron chi connectivity index (χ0n) is 12.4. The minimum atomic E-state index is -0.0107. The van der Waals surface area contributed by atoms with Gasteiger partial charge in [-0.3, -0.25) is 0 Å². The van der Waals surface area contributed by atoms with Crippen molar-refractivity contribution < 1.29 is 0 Å². The fourth-order valence-corrected chi connectivity index (χ4v) is 6.07. The van der Waals surface area contributed by atoms with Crippen LogP contribution < -0.4 is 0 Å². The summed E-state index contributed by atoms with van der Waals surface area (Å²) in [6.45, 7) is 11.1. The van der Waals surface area contributed by atoms with Gasteiger partial charge in [0.2, 0.25) is 0 Å². The van der Waals surface area contributed by atoms with Crippen molar-refractivity contribution in [3.8, 4) is 0 Å². The molecule has 0 aliphatic carbocycles. The quantitative estimate of drug-likeness (QED) is 0.433. The average Bonchev–Trinajstić information content (AvgIpc) is 2.34. The molecule has 2 nitrogen and oxygen atoms in total. The van der Waals surface area contributed by atoms with Crippen LogP contribution in [0.1, 0.15) is 51.4 Å². The summed E-state index contributed by atoms with van der Waals surface area (Å²) >= 11 is 12.6. The Labute approximate surface area is 148 Å². The van der Waals surface area contributed by atoms with Gasteiger partial charge in [-0.05, 0) is 22.6 Å². The summed E-state index contributed by atoms with van der Waals surface area (Å²) in [5, 5.41) is 2.26. The Hall–Kier alpha value is 0.800. The van der Waals surface area contributed by atoms with Gasteiger partial charge in [-0.2, -0.15) is 11.8 Å². The van der Waals surface area contributed by atoms with Crippen LogP contribution in [0, 0.1) is 3.57 Å². The van der Waals surface area contributed by atoms with Crippen LogP contribution in [0.15, 0.2) is 0 Å². The van der Waals surface area contributed by atoms with Crippen LogP contribution in [-0.4, -0.2) is 26.2 Å². The van der Waals surface area contributed by atoms with Crippen molar-refractivity contribution in [1.82, 2.24) is 9.97 Å². The molecule has 3 unspecified atom stereocenters. The molecule has 1 aromatic rings. The van der Waals surface area contributed by atoms with Gasteiger partial charge < -0.3 is 0 Å². The molecule has 0 N–H and O–H groups in total. The van der Waals surface area contributed by atoms with E-state index in [0.717, 1.165) is 20.8 Å². The molecular formula is C14H20ClIN2S2. The van der Waals surface area contributed by atoms with Gasteiger partial charge in [-0.25, -0.2) is 9.97 Å². The van der Waals surface area contributed by atoms with Gasteiger partial charge in [0.1, 0.15) is 11.0 Å². The molecular weight excluding hydrogens is 423 g/mol. The van der Waals surface area contributed by atoms with Gasteiger partial charge in [-0.1, -0.05) is 46.2 Å². The first kappa shape index (κ1) is 17.2. The molecule has 112 valence electrons. The SMILES string of the molecule is CC1SCC(c2nc(Cl)c(I)c(C(C)(C)C)n2)SC1C. The van der Waals surface area contributed by atoms with E-state index in [4.69, 9.17) is 16.6 Å². The Kier molecular flexibility index (Phi) is 5.58. The third-order valence-electron chi connectivity index (χ3n) is 3.38. The Morgan fingerprint density at radius 3 is 2.40 bits per heavy atom. The van der Waals surface area contributed by atoms with Crippen molar-refractivity contribution in [2.75, 3.05) is 5.75 Å². The molecule has 3 atom stereocenters. The number of aromatic nitrogens is 2. The second-order valence-electron chi connectivity index (χ2n) is 6.15. The Morgan fingerprint density at radius 2 is 1.85 bits per heavy atom. The second-order valence-corrected chi connectivity index (χ2v) is 10.6. The summed E-state index contributed by atoms with van der Waals surface area (Å²) in [6.07, 6.45) is 0. The Bertz CT molecular complexity index is 505. The largest absolute Gasteiger partial charge is 0.235 e. The lowest BCUT2D eigenvalue weighted by atomic mass is 9.92. The van der Waals surface area contributed by atoms with Gasteiger partial charge in [0, 0.05) is 21.7 Å². The first-order valence-corrected chi connectivity index (χ1v) is 10.2. The van der Waals surface area contributed by atoms with Crippen LogP contribution >= 0.6 is 57.7 Å². The van der Waals surface area contributed by atoms with Crippen LogP contribution in [0.4, 0.5) is 0 Å². The van der Waals surface area contributed by atoms with Crippen molar-refractivity contribution >= 4 is 57.7 Å². The smallest absolute Gasteiger partial charge is 0.146 e. The van der Waals surface area contributed by atoms with Gasteiger partial charge in [0.15, 0.2) is 0 Å². The number of thioether (sulfide) groups is 2. The third-order valence-corrected chi connectivity index (χ3v) is 8.38. The fourth-order valence-electron chi connectivity index (χ4n) is 2.00. The molecule has 1 aliphatic rings. The van der Waals surface area contributed by atoms with E-state index in [9.17, 15) is 0 Å². The maximum Gasteiger partial charge on any atom is 0.146 e. The number of hydrogen-bond donors (Lipinski definition) is 0. The molecule has 0 amide bonds. The molecule has 0 aromatic carbocycles. The average molecular weight is 443 g/mol. The highest BCUT2D eigenvalue weighted by molar-refractivity contribution is 14.1. The highest BCUT2D eigenvalue weighted by atomic mass is 127. The number of rotatable bonds is 1. The zero-order valence-corrected chi connectivity index (χ0v) is 17.0. The monoisotopic (exact) mass is 442 g/mol. The van der Waals surface area contributed by atoms with Crippen molar-refractivity contribution in [2.24, 2.45) is 0 Å². The molecule has 1 aromatic heterocycles. The highest BCUT2D eigenvalue weighted by Crippen LogP contribution is 2.44. The van der Waals surface area contributed by atoms with E-state index in [1.54, 1.807) is 0 Å². The molecule has 2 heterocycles. The molecule has 0 spiro atoms. The summed E-state index contributed by atoms with van der Waals surface area (Å²) in [6, 6.07) is 0. The minimum absolute atomic E-state index is 0.0107. The van der Waals surface area contributed by atoms with E-state index >= 15 is 0 Å². The maximum absolute atomic E-state index is 6.33. The summed E-state index contributed by atoms with van der Waals surface area (Å²) in [7, 11) is 0. The van der Waals surface area contributed by atoms with E-state index in [-0.39, 0.29) is 5.41 Å². The lowest BCUT2D eigenvalue weighted by molar-refractivity contribution is 0.557. The van der Waals surface area contributed by atoms with Crippen molar-refractivity contribution in [3.63, 3.8) is 0 Å². The van der Waals surface area contributed by atoms with Crippen molar-refractivity contribution in [3.05, 3.63) is 20.2 Å². The van der Waals surface area contributed by atoms with Crippen LogP contribution in [0.25, 0.3) is 0 Å². The van der Waals surface area contributed by atoms with Crippen LogP contribution in [-0.2, 0) is 5.41 Å². The molecule has 1 aliphatic heterocycles. The molecule has 0 saturated carbocycles.